The first-order valence-corrected chi connectivity index (χ1v) is 8.15. The average Bonchev–Trinajstić information content (AvgIpc) is 3.04. The van der Waals surface area contributed by atoms with Gasteiger partial charge in [-0.3, -0.25) is 9.78 Å². The molecule has 1 aliphatic heterocycles. The highest BCUT2D eigenvalue weighted by Crippen LogP contribution is 2.28. The highest BCUT2D eigenvalue weighted by atomic mass is 79.9. The van der Waals surface area contributed by atoms with Crippen molar-refractivity contribution in [3.63, 3.8) is 0 Å². The first kappa shape index (κ1) is 14.9. The molecule has 8 heteroatoms. The highest BCUT2D eigenvalue weighted by molar-refractivity contribution is 9.10. The van der Waals surface area contributed by atoms with Gasteiger partial charge in [0.1, 0.15) is 5.69 Å². The lowest BCUT2D eigenvalue weighted by Gasteiger charge is -2.37. The molecular weight excluding hydrogens is 374 g/mol. The molecule has 1 fully saturated rings. The van der Waals surface area contributed by atoms with Gasteiger partial charge in [0.15, 0.2) is 0 Å². The number of halogens is 1. The maximum atomic E-state index is 12.4. The quantitative estimate of drug-likeness (QED) is 0.688. The van der Waals surface area contributed by atoms with Crippen LogP contribution in [0.25, 0.3) is 11.5 Å². The zero-order valence-electron chi connectivity index (χ0n) is 12.5. The summed E-state index contributed by atoms with van der Waals surface area (Å²) in [5, 5.41) is 3.93. The zero-order chi connectivity index (χ0) is 16.5. The molecule has 0 radical (unpaired) electrons. The van der Waals surface area contributed by atoms with E-state index < -0.39 is 0 Å². The Bertz CT molecular complexity index is 860. The number of carbonyl (C=O) groups is 1. The van der Waals surface area contributed by atoms with Crippen molar-refractivity contribution in [1.29, 1.82) is 0 Å². The van der Waals surface area contributed by atoms with E-state index in [0.717, 1.165) is 4.47 Å². The van der Waals surface area contributed by atoms with Crippen LogP contribution in [-0.2, 0) is 0 Å². The number of nitrogens with zero attached hydrogens (tertiary/aromatic N) is 5. The van der Waals surface area contributed by atoms with Gasteiger partial charge in [-0.15, -0.1) is 0 Å². The number of likely N-dealkylation sites (tertiary alicyclic amines) is 1. The van der Waals surface area contributed by atoms with Crippen molar-refractivity contribution in [2.45, 2.75) is 5.92 Å². The first-order valence-electron chi connectivity index (χ1n) is 7.35. The van der Waals surface area contributed by atoms with Crippen molar-refractivity contribution in [3.05, 3.63) is 58.8 Å². The van der Waals surface area contributed by atoms with E-state index in [1.165, 1.54) is 0 Å². The molecule has 0 saturated carbocycles. The van der Waals surface area contributed by atoms with Crippen molar-refractivity contribution >= 4 is 21.8 Å². The van der Waals surface area contributed by atoms with E-state index >= 15 is 0 Å². The van der Waals surface area contributed by atoms with Crippen LogP contribution >= 0.6 is 15.9 Å². The largest absolute Gasteiger partial charge is 0.338 e. The molecule has 0 atom stereocenters. The third kappa shape index (κ3) is 2.80. The van der Waals surface area contributed by atoms with Crippen molar-refractivity contribution in [3.8, 4) is 11.5 Å². The SMILES string of the molecule is O=C(c1ccc(Br)cc1)N1CC(c2nc(-c3cnccn3)no2)C1. The van der Waals surface area contributed by atoms with Crippen LogP contribution in [0.3, 0.4) is 0 Å². The summed E-state index contributed by atoms with van der Waals surface area (Å²) in [6, 6.07) is 7.32. The molecule has 0 spiro atoms. The smallest absolute Gasteiger partial charge is 0.253 e. The van der Waals surface area contributed by atoms with Gasteiger partial charge in [0, 0.05) is 35.5 Å². The Morgan fingerprint density at radius 1 is 1.21 bits per heavy atom. The van der Waals surface area contributed by atoms with E-state index in [4.69, 9.17) is 4.52 Å². The molecule has 1 aliphatic rings. The lowest BCUT2D eigenvalue weighted by Crippen LogP contribution is -2.48. The van der Waals surface area contributed by atoms with E-state index in [1.54, 1.807) is 35.6 Å². The maximum Gasteiger partial charge on any atom is 0.253 e. The lowest BCUT2D eigenvalue weighted by molar-refractivity contribution is 0.0569. The summed E-state index contributed by atoms with van der Waals surface area (Å²) in [6.07, 6.45) is 4.74. The van der Waals surface area contributed by atoms with Crippen LogP contribution in [0, 0.1) is 0 Å². The summed E-state index contributed by atoms with van der Waals surface area (Å²) < 4.78 is 6.25. The Hall–Kier alpha value is -2.61. The fraction of sp³-hybridized carbons (Fsp3) is 0.188. The van der Waals surface area contributed by atoms with Gasteiger partial charge in [0.25, 0.3) is 5.91 Å². The number of carbonyl (C=O) groups excluding carboxylic acids is 1. The van der Waals surface area contributed by atoms with Crippen molar-refractivity contribution < 1.29 is 9.32 Å². The second kappa shape index (κ2) is 6.12. The van der Waals surface area contributed by atoms with E-state index in [1.807, 2.05) is 12.1 Å². The molecule has 1 saturated heterocycles. The summed E-state index contributed by atoms with van der Waals surface area (Å²) >= 11 is 3.36. The van der Waals surface area contributed by atoms with Gasteiger partial charge in [-0.2, -0.15) is 4.98 Å². The molecule has 4 rings (SSSR count). The number of amides is 1. The fourth-order valence-corrected chi connectivity index (χ4v) is 2.76. The Labute approximate surface area is 145 Å². The second-order valence-corrected chi connectivity index (χ2v) is 6.38. The Morgan fingerprint density at radius 3 is 2.71 bits per heavy atom. The predicted octanol–water partition coefficient (Wildman–Crippen LogP) is 2.53. The minimum absolute atomic E-state index is 0.00687. The van der Waals surface area contributed by atoms with Gasteiger partial charge in [-0.25, -0.2) is 4.98 Å². The molecule has 7 nitrogen and oxygen atoms in total. The number of aromatic nitrogens is 4. The monoisotopic (exact) mass is 385 g/mol. The van der Waals surface area contributed by atoms with E-state index in [2.05, 4.69) is 36.0 Å². The summed E-state index contributed by atoms with van der Waals surface area (Å²) in [7, 11) is 0. The topological polar surface area (TPSA) is 85.0 Å². The predicted molar refractivity (Wildman–Crippen MR) is 88.1 cm³/mol. The molecule has 3 aromatic rings. The van der Waals surface area contributed by atoms with Crippen LogP contribution in [0.5, 0.6) is 0 Å². The minimum Gasteiger partial charge on any atom is -0.338 e. The third-order valence-corrected chi connectivity index (χ3v) is 4.37. The summed E-state index contributed by atoms with van der Waals surface area (Å²) in [5.74, 6) is 1.00. The van der Waals surface area contributed by atoms with Crippen LogP contribution in [-0.4, -0.2) is 44.0 Å². The van der Waals surface area contributed by atoms with Crippen LogP contribution in [0.15, 0.2) is 51.9 Å². The minimum atomic E-state index is 0.00687. The normalized spacial score (nSPS) is 14.5. The Kier molecular flexibility index (Phi) is 3.81. The zero-order valence-corrected chi connectivity index (χ0v) is 14.0. The molecule has 24 heavy (non-hydrogen) atoms. The van der Waals surface area contributed by atoms with Crippen molar-refractivity contribution in [2.75, 3.05) is 13.1 Å². The first-order chi connectivity index (χ1) is 11.7. The molecule has 2 aromatic heterocycles. The van der Waals surface area contributed by atoms with Crippen LogP contribution in [0.1, 0.15) is 22.2 Å². The number of benzene rings is 1. The number of hydrogen-bond acceptors (Lipinski definition) is 6. The van der Waals surface area contributed by atoms with Crippen molar-refractivity contribution in [1.82, 2.24) is 25.0 Å². The summed E-state index contributed by atoms with van der Waals surface area (Å²) in [6.45, 7) is 1.13. The van der Waals surface area contributed by atoms with E-state index in [0.29, 0.717) is 36.1 Å². The maximum absolute atomic E-state index is 12.4. The van der Waals surface area contributed by atoms with E-state index in [-0.39, 0.29) is 11.8 Å². The average molecular weight is 386 g/mol. The summed E-state index contributed by atoms with van der Waals surface area (Å²) in [4.78, 5) is 26.6. The Morgan fingerprint density at radius 2 is 2.00 bits per heavy atom. The third-order valence-electron chi connectivity index (χ3n) is 3.84. The molecule has 1 amide bonds. The number of rotatable bonds is 3. The van der Waals surface area contributed by atoms with Gasteiger partial charge in [-0.05, 0) is 24.3 Å². The van der Waals surface area contributed by atoms with Gasteiger partial charge in [0.05, 0.1) is 12.1 Å². The molecular formula is C16H12BrN5O2. The lowest BCUT2D eigenvalue weighted by atomic mass is 9.99. The molecule has 0 aliphatic carbocycles. The van der Waals surface area contributed by atoms with Crippen molar-refractivity contribution in [2.24, 2.45) is 0 Å². The van der Waals surface area contributed by atoms with Crippen LogP contribution in [0.2, 0.25) is 0 Å². The summed E-state index contributed by atoms with van der Waals surface area (Å²) in [5.41, 5.74) is 1.23. The molecule has 1 aromatic carbocycles. The molecule has 120 valence electrons. The van der Waals surface area contributed by atoms with Gasteiger partial charge in [-0.1, -0.05) is 21.1 Å². The highest BCUT2D eigenvalue weighted by Gasteiger charge is 2.36. The van der Waals surface area contributed by atoms with Crippen LogP contribution in [0.4, 0.5) is 0 Å². The van der Waals surface area contributed by atoms with Gasteiger partial charge < -0.3 is 9.42 Å². The van der Waals surface area contributed by atoms with Crippen LogP contribution < -0.4 is 0 Å². The van der Waals surface area contributed by atoms with Gasteiger partial charge >= 0.3 is 0 Å². The fourth-order valence-electron chi connectivity index (χ4n) is 2.50. The molecule has 0 N–H and O–H groups in total. The standard InChI is InChI=1S/C16H12BrN5O2/c17-12-3-1-10(2-4-12)16(23)22-8-11(9-22)15-20-14(21-24-15)13-7-18-5-6-19-13/h1-7,11H,8-9H2. The van der Waals surface area contributed by atoms with E-state index in [9.17, 15) is 4.79 Å². The number of hydrogen-bond donors (Lipinski definition) is 0. The molecule has 0 bridgehead atoms. The van der Waals surface area contributed by atoms with Gasteiger partial charge in [0.2, 0.25) is 11.7 Å². The molecule has 3 heterocycles. The molecule has 0 unspecified atom stereocenters. The Balaban J connectivity index is 1.42. The second-order valence-electron chi connectivity index (χ2n) is 5.46.